The van der Waals surface area contributed by atoms with E-state index in [4.69, 9.17) is 4.74 Å². The van der Waals surface area contributed by atoms with Gasteiger partial charge in [0.05, 0.1) is 7.11 Å². The van der Waals surface area contributed by atoms with Gasteiger partial charge in [-0.25, -0.2) is 0 Å². The predicted molar refractivity (Wildman–Crippen MR) is 110 cm³/mol. The zero-order chi connectivity index (χ0) is 20.8. The summed E-state index contributed by atoms with van der Waals surface area (Å²) in [6.45, 7) is 3.58. The average molecular weight is 393 g/mol. The molecule has 0 aromatic carbocycles. The van der Waals surface area contributed by atoms with E-state index in [2.05, 4.69) is 11.7 Å². The van der Waals surface area contributed by atoms with Crippen LogP contribution in [0.2, 0.25) is 0 Å². The van der Waals surface area contributed by atoms with Gasteiger partial charge in [0.2, 0.25) is 0 Å². The third-order valence-corrected chi connectivity index (χ3v) is 5.05. The second-order valence-electron chi connectivity index (χ2n) is 7.42. The van der Waals surface area contributed by atoms with Gasteiger partial charge in [0.15, 0.2) is 5.78 Å². The number of unbranched alkanes of at least 4 members (excludes halogenated alkanes) is 5. The van der Waals surface area contributed by atoms with Crippen LogP contribution < -0.4 is 0 Å². The summed E-state index contributed by atoms with van der Waals surface area (Å²) in [4.78, 5) is 34.7. The van der Waals surface area contributed by atoms with Gasteiger partial charge in [0.1, 0.15) is 6.10 Å². The van der Waals surface area contributed by atoms with E-state index >= 15 is 0 Å². The van der Waals surface area contributed by atoms with Crippen LogP contribution in [-0.2, 0) is 23.9 Å². The Labute approximate surface area is 169 Å². The van der Waals surface area contributed by atoms with E-state index < -0.39 is 0 Å². The Bertz CT molecular complexity index is 574. The Balaban J connectivity index is 2.54. The van der Waals surface area contributed by atoms with E-state index in [-0.39, 0.29) is 23.8 Å². The fourth-order valence-electron chi connectivity index (χ4n) is 3.47. The van der Waals surface area contributed by atoms with Crippen LogP contribution in [0.1, 0.15) is 90.9 Å². The predicted octanol–water partition coefficient (Wildman–Crippen LogP) is 5.23. The van der Waals surface area contributed by atoms with Crippen molar-refractivity contribution >= 4 is 17.7 Å². The Morgan fingerprint density at radius 2 is 1.82 bits per heavy atom. The third kappa shape index (κ3) is 9.86. The van der Waals surface area contributed by atoms with Crippen LogP contribution in [0.5, 0.6) is 0 Å². The highest BCUT2D eigenvalue weighted by molar-refractivity contribution is 5.99. The number of carbonyl (C=O) groups excluding carboxylic acids is 3. The van der Waals surface area contributed by atoms with Gasteiger partial charge >= 0.3 is 11.9 Å². The van der Waals surface area contributed by atoms with Gasteiger partial charge < -0.3 is 9.47 Å². The van der Waals surface area contributed by atoms with Crippen LogP contribution in [0.25, 0.3) is 0 Å². The fourth-order valence-corrected chi connectivity index (χ4v) is 3.47. The molecular weight excluding hydrogens is 356 g/mol. The first-order valence-corrected chi connectivity index (χ1v) is 10.6. The molecule has 0 fully saturated rings. The number of rotatable bonds is 14. The first kappa shape index (κ1) is 24.1. The van der Waals surface area contributed by atoms with Gasteiger partial charge in [-0.3, -0.25) is 14.4 Å². The standard InChI is InChI=1S/C23H36O5/c1-4-5-8-11-20(28-18(2)24)16-14-19-15-17-22(25)21(19)12-9-6-7-10-13-23(26)27-3/h14,16,20H,4-13,15,17H2,1-3H3/b16-14+/t20-/m0/s1. The smallest absolute Gasteiger partial charge is 0.305 e. The first-order valence-electron chi connectivity index (χ1n) is 10.6. The molecule has 0 unspecified atom stereocenters. The molecule has 1 aliphatic carbocycles. The van der Waals surface area contributed by atoms with Crippen molar-refractivity contribution in [3.05, 3.63) is 23.3 Å². The van der Waals surface area contributed by atoms with Crippen molar-refractivity contribution in [1.29, 1.82) is 0 Å². The molecule has 0 bridgehead atoms. The molecule has 0 N–H and O–H groups in total. The largest absolute Gasteiger partial charge is 0.469 e. The van der Waals surface area contributed by atoms with Crippen molar-refractivity contribution in [2.75, 3.05) is 7.11 Å². The van der Waals surface area contributed by atoms with Crippen LogP contribution in [0.15, 0.2) is 23.3 Å². The molecule has 1 rings (SSSR count). The topological polar surface area (TPSA) is 69.7 Å². The lowest BCUT2D eigenvalue weighted by atomic mass is 10.0. The van der Waals surface area contributed by atoms with Crippen LogP contribution in [0, 0.1) is 0 Å². The maximum absolute atomic E-state index is 12.2. The number of methoxy groups -OCH3 is 1. The van der Waals surface area contributed by atoms with E-state index in [1.807, 2.05) is 12.2 Å². The Morgan fingerprint density at radius 1 is 1.07 bits per heavy atom. The first-order chi connectivity index (χ1) is 13.5. The van der Waals surface area contributed by atoms with E-state index in [0.29, 0.717) is 12.8 Å². The highest BCUT2D eigenvalue weighted by atomic mass is 16.5. The van der Waals surface area contributed by atoms with Crippen LogP contribution in [0.3, 0.4) is 0 Å². The lowest BCUT2D eigenvalue weighted by Crippen LogP contribution is -2.13. The second kappa shape index (κ2) is 14.1. The molecule has 5 heteroatoms. The van der Waals surface area contributed by atoms with Crippen molar-refractivity contribution in [3.63, 3.8) is 0 Å². The lowest BCUT2D eigenvalue weighted by Gasteiger charge is -2.13. The van der Waals surface area contributed by atoms with Crippen molar-refractivity contribution in [3.8, 4) is 0 Å². The van der Waals surface area contributed by atoms with Crippen molar-refractivity contribution in [2.45, 2.75) is 97.0 Å². The van der Waals surface area contributed by atoms with E-state index in [9.17, 15) is 14.4 Å². The number of ether oxygens (including phenoxy) is 2. The summed E-state index contributed by atoms with van der Waals surface area (Å²) >= 11 is 0. The molecule has 5 nitrogen and oxygen atoms in total. The normalized spacial score (nSPS) is 15.3. The lowest BCUT2D eigenvalue weighted by molar-refractivity contribution is -0.144. The molecule has 0 radical (unpaired) electrons. The molecule has 0 aromatic rings. The molecule has 0 aromatic heterocycles. The number of esters is 2. The number of hydrogen-bond donors (Lipinski definition) is 0. The maximum atomic E-state index is 12.2. The van der Waals surface area contributed by atoms with Gasteiger partial charge in [-0.1, -0.05) is 38.7 Å². The average Bonchev–Trinajstić information content (AvgIpc) is 3.01. The van der Waals surface area contributed by atoms with Gasteiger partial charge in [0.25, 0.3) is 0 Å². The second-order valence-corrected chi connectivity index (χ2v) is 7.42. The Morgan fingerprint density at radius 3 is 2.50 bits per heavy atom. The van der Waals surface area contributed by atoms with Gasteiger partial charge in [-0.05, 0) is 55.7 Å². The van der Waals surface area contributed by atoms with E-state index in [0.717, 1.165) is 75.4 Å². The third-order valence-electron chi connectivity index (χ3n) is 5.05. The summed E-state index contributed by atoms with van der Waals surface area (Å²) in [5.41, 5.74) is 2.02. The minimum absolute atomic E-state index is 0.164. The molecule has 0 spiro atoms. The number of allylic oxidation sites excluding steroid dienone is 3. The molecule has 0 heterocycles. The number of ketones is 1. The molecule has 1 atom stereocenters. The molecule has 1 aliphatic rings. The number of hydrogen-bond acceptors (Lipinski definition) is 5. The Kier molecular flexibility index (Phi) is 12.2. The summed E-state index contributed by atoms with van der Waals surface area (Å²) in [5, 5.41) is 0. The maximum Gasteiger partial charge on any atom is 0.305 e. The van der Waals surface area contributed by atoms with Crippen molar-refractivity contribution < 1.29 is 23.9 Å². The summed E-state index contributed by atoms with van der Waals surface area (Å²) < 4.78 is 10.0. The van der Waals surface area contributed by atoms with E-state index in [1.54, 1.807) is 0 Å². The minimum atomic E-state index is -0.269. The number of Topliss-reactive ketones (excluding diaryl/α,β-unsaturated/α-hetero) is 1. The number of carbonyl (C=O) groups is 3. The zero-order valence-electron chi connectivity index (χ0n) is 17.8. The highest BCUT2D eigenvalue weighted by Crippen LogP contribution is 2.28. The van der Waals surface area contributed by atoms with E-state index in [1.165, 1.54) is 14.0 Å². The summed E-state index contributed by atoms with van der Waals surface area (Å²) in [7, 11) is 1.41. The zero-order valence-corrected chi connectivity index (χ0v) is 17.8. The summed E-state index contributed by atoms with van der Waals surface area (Å²) in [5.74, 6) is -0.193. The van der Waals surface area contributed by atoms with Crippen molar-refractivity contribution in [1.82, 2.24) is 0 Å². The fraction of sp³-hybridized carbons (Fsp3) is 0.696. The van der Waals surface area contributed by atoms with Crippen LogP contribution >= 0.6 is 0 Å². The van der Waals surface area contributed by atoms with Crippen LogP contribution in [0.4, 0.5) is 0 Å². The molecule has 0 amide bonds. The van der Waals surface area contributed by atoms with Gasteiger partial charge in [-0.2, -0.15) is 0 Å². The molecular formula is C23H36O5. The highest BCUT2D eigenvalue weighted by Gasteiger charge is 2.21. The molecule has 28 heavy (non-hydrogen) atoms. The minimum Gasteiger partial charge on any atom is -0.469 e. The van der Waals surface area contributed by atoms with Crippen molar-refractivity contribution in [2.24, 2.45) is 0 Å². The monoisotopic (exact) mass is 392 g/mol. The Hall–Kier alpha value is -1.91. The summed E-state index contributed by atoms with van der Waals surface area (Å²) in [6.07, 6.45) is 14.1. The van der Waals surface area contributed by atoms with Crippen LogP contribution in [-0.4, -0.2) is 30.9 Å². The quantitative estimate of drug-likeness (QED) is 0.299. The molecule has 0 aliphatic heterocycles. The van der Waals surface area contributed by atoms with Gasteiger partial charge in [0, 0.05) is 19.8 Å². The molecule has 0 saturated heterocycles. The summed E-state index contributed by atoms with van der Waals surface area (Å²) in [6, 6.07) is 0. The molecule has 158 valence electrons. The SMILES string of the molecule is CCCCC[C@@H](/C=C/C1=C(CCCCCCC(=O)OC)C(=O)CC1)OC(C)=O. The van der Waals surface area contributed by atoms with Gasteiger partial charge in [-0.15, -0.1) is 0 Å². The molecule has 0 saturated carbocycles.